The Morgan fingerprint density at radius 1 is 1.07 bits per heavy atom. The number of rotatable bonds is 9. The van der Waals surface area contributed by atoms with Gasteiger partial charge in [-0.15, -0.1) is 0 Å². The molecule has 0 aliphatic carbocycles. The van der Waals surface area contributed by atoms with Crippen LogP contribution < -0.4 is 14.8 Å². The third kappa shape index (κ3) is 6.80. The predicted octanol–water partition coefficient (Wildman–Crippen LogP) is 7.17. The molecule has 1 heterocycles. The molecule has 7 nitrogen and oxygen atoms in total. The van der Waals surface area contributed by atoms with Gasteiger partial charge in [0, 0.05) is 5.02 Å². The molecule has 0 spiro atoms. The fourth-order valence-corrected chi connectivity index (χ4v) is 5.09. The largest absolute Gasteiger partial charge is 0.490 e. The van der Waals surface area contributed by atoms with Crippen LogP contribution in [-0.2, 0) is 16.2 Å². The maximum Gasteiger partial charge on any atom is 0.294 e. The van der Waals surface area contributed by atoms with Crippen LogP contribution in [0.5, 0.6) is 11.5 Å². The fourth-order valence-electron chi connectivity index (χ4n) is 3.55. The highest BCUT2D eigenvalue weighted by Crippen LogP contribution is 2.40. The van der Waals surface area contributed by atoms with Crippen molar-refractivity contribution in [2.75, 3.05) is 18.5 Å². The Morgan fingerprint density at radius 2 is 1.80 bits per heavy atom. The summed E-state index contributed by atoms with van der Waals surface area (Å²) >= 11 is 10.00. The minimum atomic E-state index is -1.76. The van der Waals surface area contributed by atoms with Gasteiger partial charge in [0.15, 0.2) is 29.0 Å². The number of halogens is 5. The molecule has 1 saturated heterocycles. The minimum absolute atomic E-state index is 0.0287. The number of hydrogen-bond acceptors (Lipinski definition) is 6. The van der Waals surface area contributed by atoms with Crippen LogP contribution in [0.4, 0.5) is 23.7 Å². The normalized spacial score (nSPS) is 14.2. The van der Waals surface area contributed by atoms with Gasteiger partial charge in [-0.25, -0.2) is 13.2 Å². The summed E-state index contributed by atoms with van der Waals surface area (Å²) in [7, 11) is 0. The third-order valence-electron chi connectivity index (χ3n) is 5.41. The zero-order chi connectivity index (χ0) is 29.0. The number of ether oxygens (including phenoxy) is 2. The van der Waals surface area contributed by atoms with E-state index in [0.29, 0.717) is 55.9 Å². The van der Waals surface area contributed by atoms with Crippen molar-refractivity contribution in [3.63, 3.8) is 0 Å². The first-order valence-corrected chi connectivity index (χ1v) is 13.6. The first-order valence-electron chi connectivity index (χ1n) is 11.6. The molecule has 3 aromatic rings. The van der Waals surface area contributed by atoms with E-state index >= 15 is 0 Å². The molecule has 1 aliphatic heterocycles. The van der Waals surface area contributed by atoms with Gasteiger partial charge in [-0.1, -0.05) is 23.7 Å². The summed E-state index contributed by atoms with van der Waals surface area (Å²) in [5.41, 5.74) is 0.763. The molecular weight excluding hydrogens is 637 g/mol. The van der Waals surface area contributed by atoms with E-state index in [1.54, 1.807) is 31.2 Å². The molecule has 13 heteroatoms. The zero-order valence-electron chi connectivity index (χ0n) is 20.6. The Labute approximate surface area is 244 Å². The monoisotopic (exact) mass is 654 g/mol. The molecular formula is C27H19BrClF3N2O5S. The smallest absolute Gasteiger partial charge is 0.294 e. The molecule has 0 saturated carbocycles. The van der Waals surface area contributed by atoms with Crippen molar-refractivity contribution in [3.05, 3.63) is 91.5 Å². The van der Waals surface area contributed by atoms with E-state index in [9.17, 15) is 27.6 Å². The van der Waals surface area contributed by atoms with Gasteiger partial charge >= 0.3 is 0 Å². The number of anilines is 1. The van der Waals surface area contributed by atoms with Gasteiger partial charge in [0.1, 0.15) is 13.2 Å². The third-order valence-corrected chi connectivity index (χ3v) is 7.16. The summed E-state index contributed by atoms with van der Waals surface area (Å²) in [6, 6.07) is 11.9. The Kier molecular flexibility index (Phi) is 9.44. The second-order valence-electron chi connectivity index (χ2n) is 8.22. The van der Waals surface area contributed by atoms with Crippen LogP contribution in [0, 0.1) is 17.5 Å². The van der Waals surface area contributed by atoms with Crippen molar-refractivity contribution in [2.24, 2.45) is 0 Å². The number of nitrogens with zero attached hydrogens (tertiary/aromatic N) is 1. The second kappa shape index (κ2) is 12.8. The van der Waals surface area contributed by atoms with E-state index < -0.39 is 46.7 Å². The molecule has 0 atom stereocenters. The van der Waals surface area contributed by atoms with Gasteiger partial charge in [0.2, 0.25) is 5.91 Å². The summed E-state index contributed by atoms with van der Waals surface area (Å²) in [6.45, 7) is 1.61. The van der Waals surface area contributed by atoms with Gasteiger partial charge in [-0.2, -0.15) is 0 Å². The predicted molar refractivity (Wildman–Crippen MR) is 149 cm³/mol. The first-order chi connectivity index (χ1) is 19.1. The van der Waals surface area contributed by atoms with E-state index in [1.165, 1.54) is 6.08 Å². The van der Waals surface area contributed by atoms with Crippen molar-refractivity contribution in [2.45, 2.75) is 13.5 Å². The molecule has 0 unspecified atom stereocenters. The molecule has 1 fully saturated rings. The average Bonchev–Trinajstić information content (AvgIpc) is 3.17. The number of nitrogens with one attached hydrogen (secondary N) is 1. The van der Waals surface area contributed by atoms with Crippen LogP contribution in [0.1, 0.15) is 18.1 Å². The number of carbonyl (C=O) groups excluding carboxylic acids is 3. The zero-order valence-corrected chi connectivity index (χ0v) is 23.8. The van der Waals surface area contributed by atoms with Gasteiger partial charge in [-0.3, -0.25) is 19.3 Å². The molecule has 1 N–H and O–H groups in total. The van der Waals surface area contributed by atoms with E-state index in [-0.39, 0.29) is 11.5 Å². The molecule has 0 radical (unpaired) electrons. The maximum absolute atomic E-state index is 13.9. The highest BCUT2D eigenvalue weighted by atomic mass is 79.9. The molecule has 40 heavy (non-hydrogen) atoms. The van der Waals surface area contributed by atoms with Crippen LogP contribution in [0.25, 0.3) is 6.08 Å². The minimum Gasteiger partial charge on any atom is -0.490 e. The van der Waals surface area contributed by atoms with E-state index in [4.69, 9.17) is 21.1 Å². The molecule has 0 aromatic heterocycles. The standard InChI is InChI=1S/C27H19BrClF3N2O5S/c1-2-38-20-10-15(9-17(28)25(20)39-13-14-3-5-16(29)6-4-14)11-21-26(36)34(27(37)40-21)12-22(35)33-19-8-7-18(30)23(31)24(19)32/h3-11H,2,12-13H2,1H3,(H,33,35)/b21-11+. The molecule has 3 amide bonds. The number of thioether (sulfide) groups is 1. The number of amides is 3. The lowest BCUT2D eigenvalue weighted by Crippen LogP contribution is -2.36. The fraction of sp³-hybridized carbons (Fsp3) is 0.148. The number of imide groups is 1. The quantitative estimate of drug-likeness (QED) is 0.194. The molecule has 3 aromatic carbocycles. The number of benzene rings is 3. The Hall–Kier alpha value is -3.48. The summed E-state index contributed by atoms with van der Waals surface area (Å²) in [5, 5.41) is 1.90. The number of hydrogen-bond donors (Lipinski definition) is 1. The Bertz CT molecular complexity index is 1520. The van der Waals surface area contributed by atoms with Crippen LogP contribution in [0.2, 0.25) is 5.02 Å². The summed E-state index contributed by atoms with van der Waals surface area (Å²) in [5.74, 6) is -5.69. The highest BCUT2D eigenvalue weighted by Gasteiger charge is 2.36. The number of carbonyl (C=O) groups is 3. The Balaban J connectivity index is 1.49. The molecule has 0 bridgehead atoms. The summed E-state index contributed by atoms with van der Waals surface area (Å²) in [6.07, 6.45) is 1.45. The van der Waals surface area contributed by atoms with Crippen molar-refractivity contribution < 1.29 is 37.0 Å². The van der Waals surface area contributed by atoms with Gasteiger partial charge in [0.25, 0.3) is 11.1 Å². The Morgan fingerprint density at radius 3 is 2.50 bits per heavy atom. The average molecular weight is 656 g/mol. The van der Waals surface area contributed by atoms with E-state index in [0.717, 1.165) is 11.6 Å². The lowest BCUT2D eigenvalue weighted by atomic mass is 10.1. The van der Waals surface area contributed by atoms with Crippen LogP contribution in [0.3, 0.4) is 0 Å². The molecule has 208 valence electrons. The van der Waals surface area contributed by atoms with E-state index in [1.807, 2.05) is 17.4 Å². The highest BCUT2D eigenvalue weighted by molar-refractivity contribution is 9.10. The lowest BCUT2D eigenvalue weighted by Gasteiger charge is -2.15. The van der Waals surface area contributed by atoms with Gasteiger partial charge < -0.3 is 14.8 Å². The summed E-state index contributed by atoms with van der Waals surface area (Å²) in [4.78, 5) is 38.4. The van der Waals surface area contributed by atoms with Crippen LogP contribution >= 0.6 is 39.3 Å². The van der Waals surface area contributed by atoms with E-state index in [2.05, 4.69) is 15.9 Å². The van der Waals surface area contributed by atoms with Crippen molar-refractivity contribution >= 4 is 68.1 Å². The van der Waals surface area contributed by atoms with Crippen molar-refractivity contribution in [1.82, 2.24) is 4.90 Å². The second-order valence-corrected chi connectivity index (χ2v) is 10.5. The SMILES string of the molecule is CCOc1cc(/C=C2/SC(=O)N(CC(=O)Nc3ccc(F)c(F)c3F)C2=O)cc(Br)c1OCc1ccc(Cl)cc1. The topological polar surface area (TPSA) is 84.9 Å². The van der Waals surface area contributed by atoms with Crippen molar-refractivity contribution in [1.29, 1.82) is 0 Å². The molecule has 4 rings (SSSR count). The maximum atomic E-state index is 13.9. The van der Waals surface area contributed by atoms with Crippen LogP contribution in [0.15, 0.2) is 57.9 Å². The van der Waals surface area contributed by atoms with Gasteiger partial charge in [-0.05, 0) is 88.2 Å². The van der Waals surface area contributed by atoms with Gasteiger partial charge in [0.05, 0.1) is 21.7 Å². The summed E-state index contributed by atoms with van der Waals surface area (Å²) < 4.78 is 52.7. The first kappa shape index (κ1) is 29.5. The lowest BCUT2D eigenvalue weighted by molar-refractivity contribution is -0.127. The van der Waals surface area contributed by atoms with Crippen LogP contribution in [-0.4, -0.2) is 35.1 Å². The molecule has 1 aliphatic rings. The van der Waals surface area contributed by atoms with Crippen molar-refractivity contribution in [3.8, 4) is 11.5 Å².